The van der Waals surface area contributed by atoms with E-state index < -0.39 is 0 Å². The minimum absolute atomic E-state index is 0.113. The Labute approximate surface area is 132 Å². The molecule has 110 valence electrons. The van der Waals surface area contributed by atoms with E-state index in [4.69, 9.17) is 9.52 Å². The topological polar surface area (TPSA) is 51.3 Å². The maximum absolute atomic E-state index is 5.35. The van der Waals surface area contributed by atoms with Gasteiger partial charge in [-0.25, -0.2) is 4.99 Å². The van der Waals surface area contributed by atoms with E-state index >= 15 is 0 Å². The number of nitrogens with zero attached hydrogens (tertiary/aromatic N) is 3. The molecule has 1 atom stereocenters. The Morgan fingerprint density at radius 3 is 2.81 bits per heavy atom. The third kappa shape index (κ3) is 3.32. The lowest BCUT2D eigenvalue weighted by Gasteiger charge is -2.15. The van der Waals surface area contributed by atoms with Gasteiger partial charge < -0.3 is 4.52 Å². The molecule has 1 aromatic carbocycles. The molecule has 0 saturated heterocycles. The first-order chi connectivity index (χ1) is 10.1. The Balaban J connectivity index is 1.73. The molecule has 21 heavy (non-hydrogen) atoms. The van der Waals surface area contributed by atoms with Crippen molar-refractivity contribution in [3.8, 4) is 0 Å². The maximum Gasteiger partial charge on any atom is 0.239 e. The molecule has 1 aromatic heterocycles. The molecule has 0 radical (unpaired) electrons. The van der Waals surface area contributed by atoms with E-state index in [9.17, 15) is 0 Å². The summed E-state index contributed by atoms with van der Waals surface area (Å²) in [6.45, 7) is 6.20. The van der Waals surface area contributed by atoms with Gasteiger partial charge in [0.15, 0.2) is 5.82 Å². The molecule has 1 unspecified atom stereocenters. The molecule has 6 heteroatoms. The van der Waals surface area contributed by atoms with E-state index in [0.717, 1.165) is 21.6 Å². The van der Waals surface area contributed by atoms with Crippen LogP contribution in [0.5, 0.6) is 0 Å². The van der Waals surface area contributed by atoms with Crippen molar-refractivity contribution in [1.29, 1.82) is 0 Å². The van der Waals surface area contributed by atoms with Gasteiger partial charge >= 0.3 is 0 Å². The third-order valence-electron chi connectivity index (χ3n) is 3.15. The number of fused-ring (bicyclic) bond motifs is 1. The van der Waals surface area contributed by atoms with Crippen molar-refractivity contribution in [1.82, 2.24) is 10.1 Å². The fourth-order valence-corrected chi connectivity index (χ4v) is 4.14. The van der Waals surface area contributed by atoms with Gasteiger partial charge in [0.2, 0.25) is 5.89 Å². The van der Waals surface area contributed by atoms with Crippen molar-refractivity contribution in [3.05, 3.63) is 41.5 Å². The number of aliphatic imine (C=N–C) groups is 1. The second-order valence-electron chi connectivity index (χ2n) is 5.20. The lowest BCUT2D eigenvalue weighted by Crippen LogP contribution is -1.99. The second-order valence-corrected chi connectivity index (χ2v) is 7.75. The molecular formula is C15H17N3OS2. The highest BCUT2D eigenvalue weighted by Gasteiger charge is 2.21. The van der Waals surface area contributed by atoms with Crippen LogP contribution in [0, 0.1) is 0 Å². The quantitative estimate of drug-likeness (QED) is 0.803. The summed E-state index contributed by atoms with van der Waals surface area (Å²) in [6, 6.07) is 8.27. The second kappa shape index (κ2) is 6.23. The predicted molar refractivity (Wildman–Crippen MR) is 89.2 cm³/mol. The van der Waals surface area contributed by atoms with Crippen LogP contribution in [0.2, 0.25) is 0 Å². The predicted octanol–water partition coefficient (Wildman–Crippen LogP) is 4.92. The van der Waals surface area contributed by atoms with E-state index in [1.165, 1.54) is 5.56 Å². The highest BCUT2D eigenvalue weighted by molar-refractivity contribution is 8.38. The van der Waals surface area contributed by atoms with Crippen molar-refractivity contribution < 1.29 is 4.52 Å². The number of aromatic nitrogens is 2. The van der Waals surface area contributed by atoms with Crippen LogP contribution in [0.3, 0.4) is 0 Å². The summed E-state index contributed by atoms with van der Waals surface area (Å²) < 4.78 is 6.41. The Morgan fingerprint density at radius 2 is 2.05 bits per heavy atom. The van der Waals surface area contributed by atoms with Crippen LogP contribution in [-0.2, 0) is 5.75 Å². The van der Waals surface area contributed by atoms with E-state index in [1.807, 2.05) is 6.07 Å². The van der Waals surface area contributed by atoms with Crippen LogP contribution in [0.1, 0.15) is 49.2 Å². The Morgan fingerprint density at radius 1 is 1.24 bits per heavy atom. The summed E-state index contributed by atoms with van der Waals surface area (Å²) in [5.74, 6) is 2.69. The molecule has 0 spiro atoms. The first-order valence-electron chi connectivity index (χ1n) is 6.93. The third-order valence-corrected chi connectivity index (χ3v) is 5.44. The highest BCUT2D eigenvalue weighted by atomic mass is 32.2. The van der Waals surface area contributed by atoms with E-state index in [2.05, 4.69) is 49.1 Å². The van der Waals surface area contributed by atoms with Crippen molar-refractivity contribution in [2.24, 2.45) is 4.99 Å². The van der Waals surface area contributed by atoms with Crippen molar-refractivity contribution in [3.63, 3.8) is 0 Å². The van der Waals surface area contributed by atoms with Gasteiger partial charge in [-0.1, -0.05) is 60.7 Å². The maximum atomic E-state index is 5.35. The van der Waals surface area contributed by atoms with Gasteiger partial charge in [-0.15, -0.1) is 0 Å². The number of rotatable bonds is 3. The summed E-state index contributed by atoms with van der Waals surface area (Å²) in [4.78, 5) is 9.16. The monoisotopic (exact) mass is 319 g/mol. The van der Waals surface area contributed by atoms with Crippen LogP contribution < -0.4 is 0 Å². The molecule has 0 N–H and O–H groups in total. The molecule has 1 aliphatic heterocycles. The van der Waals surface area contributed by atoms with Gasteiger partial charge in [-0.05, 0) is 18.6 Å². The minimum Gasteiger partial charge on any atom is -0.338 e. The van der Waals surface area contributed by atoms with Crippen LogP contribution in [0.25, 0.3) is 0 Å². The smallest absolute Gasteiger partial charge is 0.239 e. The van der Waals surface area contributed by atoms with Crippen LogP contribution in [0.4, 0.5) is 5.69 Å². The number of hydrogen-bond acceptors (Lipinski definition) is 6. The normalized spacial score (nSPS) is 15.7. The molecule has 1 aliphatic rings. The summed E-state index contributed by atoms with van der Waals surface area (Å²) in [5.41, 5.74) is 2.36. The first-order valence-corrected chi connectivity index (χ1v) is 8.79. The molecule has 4 nitrogen and oxygen atoms in total. The zero-order valence-electron chi connectivity index (χ0n) is 12.2. The molecule has 0 saturated carbocycles. The van der Waals surface area contributed by atoms with Crippen LogP contribution in [0.15, 0.2) is 33.8 Å². The van der Waals surface area contributed by atoms with Crippen LogP contribution >= 0.6 is 23.5 Å². The molecule has 0 amide bonds. The van der Waals surface area contributed by atoms with Gasteiger partial charge in [-0.2, -0.15) is 4.98 Å². The molecule has 0 aliphatic carbocycles. The fourth-order valence-electron chi connectivity index (χ4n) is 1.92. The van der Waals surface area contributed by atoms with Crippen molar-refractivity contribution in [2.45, 2.75) is 37.7 Å². The number of hydrogen-bond donors (Lipinski definition) is 0. The van der Waals surface area contributed by atoms with Gasteiger partial charge in [0.25, 0.3) is 0 Å². The average Bonchev–Trinajstić information content (AvgIpc) is 2.97. The largest absolute Gasteiger partial charge is 0.338 e. The van der Waals surface area contributed by atoms with Gasteiger partial charge in [-0.3, -0.25) is 0 Å². The van der Waals surface area contributed by atoms with Crippen molar-refractivity contribution in [2.75, 3.05) is 0 Å². The van der Waals surface area contributed by atoms with E-state index in [0.29, 0.717) is 5.89 Å². The summed E-state index contributed by atoms with van der Waals surface area (Å²) in [6.07, 6.45) is 0. The van der Waals surface area contributed by atoms with Crippen LogP contribution in [-0.4, -0.2) is 14.5 Å². The zero-order valence-corrected chi connectivity index (χ0v) is 13.9. The molecular weight excluding hydrogens is 302 g/mol. The minimum atomic E-state index is 0.113. The van der Waals surface area contributed by atoms with Gasteiger partial charge in [0, 0.05) is 11.7 Å². The number of para-hydroxylation sites is 1. The Bertz CT molecular complexity index is 666. The Hall–Kier alpha value is -1.27. The van der Waals surface area contributed by atoms with Gasteiger partial charge in [0.05, 0.1) is 10.9 Å². The summed E-state index contributed by atoms with van der Waals surface area (Å²) in [7, 11) is 0. The van der Waals surface area contributed by atoms with Gasteiger partial charge in [0.1, 0.15) is 4.38 Å². The first kappa shape index (κ1) is 14.7. The fraction of sp³-hybridized carbons (Fsp3) is 0.400. The SMILES string of the molecule is CC(C)c1noc(C(C)SC2=Nc3ccccc3CS2)n1. The standard InChI is InChI=1S/C15H17N3OS2/c1-9(2)13-17-14(19-18-13)10(3)21-15-16-12-7-5-4-6-11(12)8-20-15/h4-7,9-10H,8H2,1-3H3. The molecule has 3 rings (SSSR count). The lowest BCUT2D eigenvalue weighted by molar-refractivity contribution is 0.373. The van der Waals surface area contributed by atoms with E-state index in [-0.39, 0.29) is 11.2 Å². The molecule has 0 bridgehead atoms. The lowest BCUT2D eigenvalue weighted by atomic mass is 10.2. The summed E-state index contributed by atoms with van der Waals surface area (Å²) in [5, 5.41) is 4.13. The number of benzene rings is 1. The van der Waals surface area contributed by atoms with E-state index in [1.54, 1.807) is 23.5 Å². The molecule has 2 aromatic rings. The zero-order chi connectivity index (χ0) is 14.8. The average molecular weight is 319 g/mol. The molecule has 2 heterocycles. The molecule has 0 fully saturated rings. The number of thioether (sulfide) groups is 2. The summed E-state index contributed by atoms with van der Waals surface area (Å²) >= 11 is 3.44. The van der Waals surface area contributed by atoms with Crippen molar-refractivity contribution >= 4 is 33.6 Å². The Kier molecular flexibility index (Phi) is 4.35. The highest BCUT2D eigenvalue weighted by Crippen LogP contribution is 2.39.